The van der Waals surface area contributed by atoms with Crippen LogP contribution in [-0.2, 0) is 12.8 Å². The molecule has 1 fully saturated rings. The number of piperazine rings is 1. The summed E-state index contributed by atoms with van der Waals surface area (Å²) in [4.78, 5) is 17.0. The number of rotatable bonds is 3. The van der Waals surface area contributed by atoms with Crippen molar-refractivity contribution in [1.29, 1.82) is 0 Å². The fraction of sp³-hybridized carbons (Fsp3) is 0.588. The van der Waals surface area contributed by atoms with E-state index in [4.69, 9.17) is 0 Å². The van der Waals surface area contributed by atoms with Crippen molar-refractivity contribution in [1.82, 2.24) is 9.80 Å². The number of likely N-dealkylation sites (N-methyl/N-ethyl adjacent to an activating group) is 1. The number of hydrogen-bond donors (Lipinski definition) is 0. The average molecular weight is 272 g/mol. The van der Waals surface area contributed by atoms with Crippen molar-refractivity contribution < 1.29 is 4.79 Å². The monoisotopic (exact) mass is 272 g/mol. The fourth-order valence-electron chi connectivity index (χ4n) is 3.21. The predicted molar refractivity (Wildman–Crippen MR) is 81.4 cm³/mol. The van der Waals surface area contributed by atoms with Gasteiger partial charge in [0.2, 0.25) is 0 Å². The maximum absolute atomic E-state index is 12.4. The van der Waals surface area contributed by atoms with Crippen LogP contribution in [0.25, 0.3) is 0 Å². The molecule has 0 bridgehead atoms. The zero-order chi connectivity index (χ0) is 13.9. The third kappa shape index (κ3) is 3.10. The second-order valence-corrected chi connectivity index (χ2v) is 6.19. The first-order valence-corrected chi connectivity index (χ1v) is 7.78. The highest BCUT2D eigenvalue weighted by molar-refractivity contribution is 5.97. The number of Topliss-reactive ketones (excluding diaryl/α,β-unsaturated/α-hetero) is 1. The highest BCUT2D eigenvalue weighted by Crippen LogP contribution is 2.22. The van der Waals surface area contributed by atoms with Crippen LogP contribution in [-0.4, -0.2) is 55.4 Å². The van der Waals surface area contributed by atoms with Crippen molar-refractivity contribution in [3.8, 4) is 0 Å². The lowest BCUT2D eigenvalue weighted by molar-refractivity contribution is 0.0876. The number of hydrogen-bond acceptors (Lipinski definition) is 3. The molecular formula is C17H24N2O. The molecule has 1 aliphatic heterocycles. The number of carbonyl (C=O) groups is 1. The van der Waals surface area contributed by atoms with Crippen LogP contribution in [0.5, 0.6) is 0 Å². The number of benzene rings is 1. The molecular weight excluding hydrogens is 248 g/mol. The Bertz CT molecular complexity index is 490. The first-order chi connectivity index (χ1) is 9.72. The van der Waals surface area contributed by atoms with Gasteiger partial charge >= 0.3 is 0 Å². The van der Waals surface area contributed by atoms with Gasteiger partial charge in [-0.1, -0.05) is 12.1 Å². The van der Waals surface area contributed by atoms with Crippen molar-refractivity contribution in [3.05, 3.63) is 34.9 Å². The SMILES string of the molecule is CN1CCN(CC(=O)c2ccc3c(c2)CCCC3)CC1. The minimum atomic E-state index is 0.280. The third-order valence-electron chi connectivity index (χ3n) is 4.63. The first-order valence-electron chi connectivity index (χ1n) is 7.78. The molecule has 0 spiro atoms. The fourth-order valence-corrected chi connectivity index (χ4v) is 3.21. The Morgan fingerprint density at radius 2 is 1.75 bits per heavy atom. The van der Waals surface area contributed by atoms with Gasteiger partial charge in [-0.2, -0.15) is 0 Å². The summed E-state index contributed by atoms with van der Waals surface area (Å²) in [5, 5.41) is 0. The summed E-state index contributed by atoms with van der Waals surface area (Å²) in [5.74, 6) is 0.280. The van der Waals surface area contributed by atoms with E-state index in [2.05, 4.69) is 29.0 Å². The summed E-state index contributed by atoms with van der Waals surface area (Å²) >= 11 is 0. The molecule has 3 nitrogen and oxygen atoms in total. The molecule has 0 unspecified atom stereocenters. The van der Waals surface area contributed by atoms with E-state index >= 15 is 0 Å². The number of fused-ring (bicyclic) bond motifs is 1. The smallest absolute Gasteiger partial charge is 0.176 e. The minimum absolute atomic E-state index is 0.280. The molecule has 1 aliphatic carbocycles. The lowest BCUT2D eigenvalue weighted by Crippen LogP contribution is -2.46. The van der Waals surface area contributed by atoms with E-state index < -0.39 is 0 Å². The van der Waals surface area contributed by atoms with Crippen LogP contribution in [0.2, 0.25) is 0 Å². The van der Waals surface area contributed by atoms with Gasteiger partial charge in [-0.25, -0.2) is 0 Å². The molecule has 108 valence electrons. The zero-order valence-electron chi connectivity index (χ0n) is 12.4. The number of ketones is 1. The Labute approximate surface area is 121 Å². The lowest BCUT2D eigenvalue weighted by Gasteiger charge is -2.31. The molecule has 0 amide bonds. The van der Waals surface area contributed by atoms with Crippen LogP contribution in [0.4, 0.5) is 0 Å². The van der Waals surface area contributed by atoms with Crippen molar-refractivity contribution in [2.24, 2.45) is 0 Å². The van der Waals surface area contributed by atoms with E-state index in [0.717, 1.165) is 38.2 Å². The molecule has 3 heteroatoms. The Balaban J connectivity index is 1.65. The first kappa shape index (κ1) is 13.8. The van der Waals surface area contributed by atoms with Crippen molar-refractivity contribution in [2.75, 3.05) is 39.8 Å². The van der Waals surface area contributed by atoms with E-state index in [1.165, 1.54) is 30.4 Å². The van der Waals surface area contributed by atoms with Crippen LogP contribution in [0.3, 0.4) is 0 Å². The van der Waals surface area contributed by atoms with E-state index in [1.807, 2.05) is 6.07 Å². The zero-order valence-corrected chi connectivity index (χ0v) is 12.4. The van der Waals surface area contributed by atoms with Gasteiger partial charge in [-0.15, -0.1) is 0 Å². The normalized spacial score (nSPS) is 20.6. The second-order valence-electron chi connectivity index (χ2n) is 6.19. The Morgan fingerprint density at radius 1 is 1.05 bits per heavy atom. The van der Waals surface area contributed by atoms with Crippen LogP contribution >= 0.6 is 0 Å². The third-order valence-corrected chi connectivity index (χ3v) is 4.63. The summed E-state index contributed by atoms with van der Waals surface area (Å²) < 4.78 is 0. The number of nitrogens with zero attached hydrogens (tertiary/aromatic N) is 2. The summed E-state index contributed by atoms with van der Waals surface area (Å²) in [5.41, 5.74) is 3.76. The summed E-state index contributed by atoms with van der Waals surface area (Å²) in [6, 6.07) is 6.35. The summed E-state index contributed by atoms with van der Waals surface area (Å²) in [6.45, 7) is 4.72. The molecule has 0 N–H and O–H groups in total. The average Bonchev–Trinajstić information content (AvgIpc) is 2.49. The maximum Gasteiger partial charge on any atom is 0.176 e. The molecule has 3 rings (SSSR count). The van der Waals surface area contributed by atoms with Gasteiger partial charge < -0.3 is 4.90 Å². The Hall–Kier alpha value is -1.19. The van der Waals surface area contributed by atoms with Gasteiger partial charge in [0, 0.05) is 31.7 Å². The minimum Gasteiger partial charge on any atom is -0.304 e. The number of carbonyl (C=O) groups excluding carboxylic acids is 1. The number of aryl methyl sites for hydroxylation is 2. The summed E-state index contributed by atoms with van der Waals surface area (Å²) in [7, 11) is 2.14. The van der Waals surface area contributed by atoms with Gasteiger partial charge in [0.25, 0.3) is 0 Å². The highest BCUT2D eigenvalue weighted by Gasteiger charge is 2.18. The van der Waals surface area contributed by atoms with Crippen LogP contribution < -0.4 is 0 Å². The molecule has 1 heterocycles. The molecule has 1 saturated heterocycles. The van der Waals surface area contributed by atoms with E-state index in [-0.39, 0.29) is 5.78 Å². The van der Waals surface area contributed by atoms with E-state index in [0.29, 0.717) is 6.54 Å². The van der Waals surface area contributed by atoms with E-state index in [1.54, 1.807) is 0 Å². The van der Waals surface area contributed by atoms with Gasteiger partial charge in [0.15, 0.2) is 5.78 Å². The molecule has 0 saturated carbocycles. The highest BCUT2D eigenvalue weighted by atomic mass is 16.1. The summed E-state index contributed by atoms with van der Waals surface area (Å²) in [6.07, 6.45) is 4.89. The maximum atomic E-state index is 12.4. The van der Waals surface area contributed by atoms with Crippen LogP contribution in [0.15, 0.2) is 18.2 Å². The van der Waals surface area contributed by atoms with Gasteiger partial charge in [-0.3, -0.25) is 9.69 Å². The topological polar surface area (TPSA) is 23.6 Å². The van der Waals surface area contributed by atoms with Crippen molar-refractivity contribution >= 4 is 5.78 Å². The molecule has 2 aliphatic rings. The molecule has 1 aromatic carbocycles. The van der Waals surface area contributed by atoms with Crippen LogP contribution in [0.1, 0.15) is 34.3 Å². The van der Waals surface area contributed by atoms with E-state index in [9.17, 15) is 4.79 Å². The predicted octanol–water partition coefficient (Wildman–Crippen LogP) is 2.00. The molecule has 0 aromatic heterocycles. The van der Waals surface area contributed by atoms with Gasteiger partial charge in [0.05, 0.1) is 6.54 Å². The molecule has 20 heavy (non-hydrogen) atoms. The Kier molecular flexibility index (Phi) is 4.18. The van der Waals surface area contributed by atoms with Gasteiger partial charge in [-0.05, 0) is 49.9 Å². The largest absolute Gasteiger partial charge is 0.304 e. The standard InChI is InChI=1S/C17H24N2O/c1-18-8-10-19(11-9-18)13-17(20)16-7-6-14-4-2-3-5-15(14)12-16/h6-7,12H,2-5,8-11,13H2,1H3. The van der Waals surface area contributed by atoms with Crippen molar-refractivity contribution in [3.63, 3.8) is 0 Å². The molecule has 0 radical (unpaired) electrons. The quantitative estimate of drug-likeness (QED) is 0.786. The lowest BCUT2D eigenvalue weighted by atomic mass is 9.90. The molecule has 0 atom stereocenters. The van der Waals surface area contributed by atoms with Gasteiger partial charge in [0.1, 0.15) is 0 Å². The molecule has 1 aromatic rings. The Morgan fingerprint density at radius 3 is 2.50 bits per heavy atom. The van der Waals surface area contributed by atoms with Crippen molar-refractivity contribution in [2.45, 2.75) is 25.7 Å². The van der Waals surface area contributed by atoms with Crippen LogP contribution in [0, 0.1) is 0 Å². The second kappa shape index (κ2) is 6.06.